The van der Waals surface area contributed by atoms with Crippen molar-refractivity contribution < 1.29 is 4.79 Å². The highest BCUT2D eigenvalue weighted by atomic mass is 35.5. The van der Waals surface area contributed by atoms with E-state index in [0.29, 0.717) is 11.7 Å². The van der Waals surface area contributed by atoms with Crippen LogP contribution in [0.25, 0.3) is 0 Å². The van der Waals surface area contributed by atoms with Gasteiger partial charge in [-0.15, -0.1) is 0 Å². The Morgan fingerprint density at radius 2 is 2.24 bits per heavy atom. The predicted molar refractivity (Wildman–Crippen MR) is 68.2 cm³/mol. The lowest BCUT2D eigenvalue weighted by molar-refractivity contribution is -0.120. The Balaban J connectivity index is 2.21. The molecule has 17 heavy (non-hydrogen) atoms. The third-order valence-corrected chi connectivity index (χ3v) is 4.38. The van der Waals surface area contributed by atoms with E-state index in [2.05, 4.69) is 12.0 Å². The highest BCUT2D eigenvalue weighted by Crippen LogP contribution is 2.33. The number of Topliss-reactive ketones (excluding diaryl/α,β-unsaturated/α-hetero) is 1. The quantitative estimate of drug-likeness (QED) is 0.831. The average Bonchev–Trinajstić information content (AvgIpc) is 2.76. The van der Waals surface area contributed by atoms with E-state index in [0.717, 1.165) is 42.2 Å². The van der Waals surface area contributed by atoms with Crippen molar-refractivity contribution in [1.82, 2.24) is 9.78 Å². The molecule has 0 amide bonds. The molecule has 1 aliphatic rings. The molecule has 0 saturated heterocycles. The number of carbonyl (C=O) groups is 1. The van der Waals surface area contributed by atoms with Crippen LogP contribution in [0, 0.1) is 18.8 Å². The van der Waals surface area contributed by atoms with Crippen LogP contribution in [0.1, 0.15) is 38.1 Å². The molecule has 1 aromatic heterocycles. The average molecular weight is 255 g/mol. The molecule has 0 spiro atoms. The second kappa shape index (κ2) is 4.81. The van der Waals surface area contributed by atoms with Gasteiger partial charge in [-0.2, -0.15) is 5.10 Å². The van der Waals surface area contributed by atoms with Gasteiger partial charge in [-0.05, 0) is 32.6 Å². The summed E-state index contributed by atoms with van der Waals surface area (Å²) in [4.78, 5) is 11.6. The smallest absolute Gasteiger partial charge is 0.136 e. The molecule has 1 aromatic rings. The number of ketones is 1. The van der Waals surface area contributed by atoms with Gasteiger partial charge in [0.1, 0.15) is 5.78 Å². The van der Waals surface area contributed by atoms with E-state index in [9.17, 15) is 4.79 Å². The summed E-state index contributed by atoms with van der Waals surface area (Å²) >= 11 is 6.29. The molecule has 3 nitrogen and oxygen atoms in total. The molecule has 0 bridgehead atoms. The summed E-state index contributed by atoms with van der Waals surface area (Å²) in [6.45, 7) is 6.86. The monoisotopic (exact) mass is 254 g/mol. The Morgan fingerprint density at radius 1 is 1.53 bits per heavy atom. The largest absolute Gasteiger partial charge is 0.299 e. The molecule has 94 valence electrons. The molecule has 2 atom stereocenters. The first-order valence-corrected chi connectivity index (χ1v) is 6.66. The SMILES string of the molecule is CCn1nc(C)c(Cl)c1CC1CCC(=O)C1C. The van der Waals surface area contributed by atoms with Crippen molar-refractivity contribution in [2.45, 2.75) is 46.6 Å². The minimum atomic E-state index is 0.173. The van der Waals surface area contributed by atoms with E-state index in [-0.39, 0.29) is 5.92 Å². The number of carbonyl (C=O) groups excluding carboxylic acids is 1. The van der Waals surface area contributed by atoms with Crippen LogP contribution in [0.5, 0.6) is 0 Å². The predicted octanol–water partition coefficient (Wildman–Crippen LogP) is 3.02. The molecular formula is C13H19ClN2O. The maximum absolute atomic E-state index is 11.6. The fourth-order valence-electron chi connectivity index (χ4n) is 2.66. The Hall–Kier alpha value is -0.830. The van der Waals surface area contributed by atoms with Gasteiger partial charge in [-0.25, -0.2) is 0 Å². The molecule has 2 rings (SSSR count). The maximum atomic E-state index is 11.6. The van der Waals surface area contributed by atoms with Crippen molar-refractivity contribution in [3.8, 4) is 0 Å². The maximum Gasteiger partial charge on any atom is 0.136 e. The lowest BCUT2D eigenvalue weighted by Crippen LogP contribution is -2.15. The Labute approximate surface area is 107 Å². The molecule has 4 heteroatoms. The lowest BCUT2D eigenvalue weighted by Gasteiger charge is -2.15. The van der Waals surface area contributed by atoms with E-state index in [1.165, 1.54) is 0 Å². The summed E-state index contributed by atoms with van der Waals surface area (Å²) in [6, 6.07) is 0. The second-order valence-corrected chi connectivity index (χ2v) is 5.30. The normalized spacial score (nSPS) is 24.6. The van der Waals surface area contributed by atoms with Crippen molar-refractivity contribution in [3.05, 3.63) is 16.4 Å². The molecule has 0 N–H and O–H groups in total. The number of hydrogen-bond donors (Lipinski definition) is 0. The Morgan fingerprint density at radius 3 is 2.76 bits per heavy atom. The van der Waals surface area contributed by atoms with E-state index < -0.39 is 0 Å². The minimum Gasteiger partial charge on any atom is -0.299 e. The van der Waals surface area contributed by atoms with E-state index in [4.69, 9.17) is 11.6 Å². The van der Waals surface area contributed by atoms with Crippen LogP contribution in [-0.2, 0) is 17.8 Å². The van der Waals surface area contributed by atoms with Gasteiger partial charge in [0.25, 0.3) is 0 Å². The number of rotatable bonds is 3. The highest BCUT2D eigenvalue weighted by molar-refractivity contribution is 6.31. The first-order valence-electron chi connectivity index (χ1n) is 6.29. The molecular weight excluding hydrogens is 236 g/mol. The molecule has 2 unspecified atom stereocenters. The highest BCUT2D eigenvalue weighted by Gasteiger charge is 2.32. The van der Waals surface area contributed by atoms with E-state index in [1.54, 1.807) is 0 Å². The topological polar surface area (TPSA) is 34.9 Å². The van der Waals surface area contributed by atoms with Gasteiger partial charge in [-0.1, -0.05) is 18.5 Å². The van der Waals surface area contributed by atoms with Crippen LogP contribution in [0.4, 0.5) is 0 Å². The third kappa shape index (κ3) is 2.25. The first-order chi connectivity index (χ1) is 8.04. The standard InChI is InChI=1S/C13H19ClN2O/c1-4-16-11(13(14)9(3)15-16)7-10-5-6-12(17)8(10)2/h8,10H,4-7H2,1-3H3. The van der Waals surface area contributed by atoms with Gasteiger partial charge < -0.3 is 0 Å². The van der Waals surface area contributed by atoms with Crippen LogP contribution in [0.3, 0.4) is 0 Å². The van der Waals surface area contributed by atoms with Crippen molar-refractivity contribution in [2.24, 2.45) is 11.8 Å². The minimum absolute atomic E-state index is 0.173. The summed E-state index contributed by atoms with van der Waals surface area (Å²) < 4.78 is 1.97. The number of aryl methyl sites for hydroxylation is 2. The fourth-order valence-corrected chi connectivity index (χ4v) is 2.87. The summed E-state index contributed by atoms with van der Waals surface area (Å²) in [5.74, 6) is 0.999. The van der Waals surface area contributed by atoms with Crippen molar-refractivity contribution in [2.75, 3.05) is 0 Å². The lowest BCUT2D eigenvalue weighted by atomic mass is 9.92. The molecule has 1 saturated carbocycles. The Bertz CT molecular complexity index is 439. The number of aromatic nitrogens is 2. The number of hydrogen-bond acceptors (Lipinski definition) is 2. The molecule has 1 heterocycles. The summed E-state index contributed by atoms with van der Waals surface area (Å²) in [5.41, 5.74) is 1.98. The molecule has 1 aliphatic carbocycles. The van der Waals surface area contributed by atoms with Gasteiger partial charge >= 0.3 is 0 Å². The second-order valence-electron chi connectivity index (χ2n) is 4.92. The van der Waals surface area contributed by atoms with Crippen molar-refractivity contribution in [3.63, 3.8) is 0 Å². The van der Waals surface area contributed by atoms with Gasteiger partial charge in [0.15, 0.2) is 0 Å². The fraction of sp³-hybridized carbons (Fsp3) is 0.692. The molecule has 0 aromatic carbocycles. The zero-order valence-electron chi connectivity index (χ0n) is 10.7. The van der Waals surface area contributed by atoms with Crippen LogP contribution in [0.2, 0.25) is 5.02 Å². The molecule has 0 radical (unpaired) electrons. The molecule has 1 fully saturated rings. The molecule has 0 aliphatic heterocycles. The van der Waals surface area contributed by atoms with Gasteiger partial charge in [0, 0.05) is 18.9 Å². The zero-order valence-corrected chi connectivity index (χ0v) is 11.4. The van der Waals surface area contributed by atoms with Crippen molar-refractivity contribution >= 4 is 17.4 Å². The van der Waals surface area contributed by atoms with Crippen molar-refractivity contribution in [1.29, 1.82) is 0 Å². The summed E-state index contributed by atoms with van der Waals surface area (Å²) in [5, 5.41) is 5.19. The van der Waals surface area contributed by atoms with E-state index >= 15 is 0 Å². The summed E-state index contributed by atoms with van der Waals surface area (Å²) in [6.07, 6.45) is 2.59. The van der Waals surface area contributed by atoms with E-state index in [1.807, 2.05) is 18.5 Å². The van der Waals surface area contributed by atoms with Crippen LogP contribution in [-0.4, -0.2) is 15.6 Å². The third-order valence-electron chi connectivity index (χ3n) is 3.88. The number of halogens is 1. The number of nitrogens with zero attached hydrogens (tertiary/aromatic N) is 2. The Kier molecular flexibility index (Phi) is 3.57. The van der Waals surface area contributed by atoms with Crippen LogP contribution < -0.4 is 0 Å². The van der Waals surface area contributed by atoms with Gasteiger partial charge in [0.2, 0.25) is 0 Å². The zero-order chi connectivity index (χ0) is 12.6. The van der Waals surface area contributed by atoms with Gasteiger partial charge in [-0.3, -0.25) is 9.48 Å². The van der Waals surface area contributed by atoms with Gasteiger partial charge in [0.05, 0.1) is 16.4 Å². The summed E-state index contributed by atoms with van der Waals surface area (Å²) in [7, 11) is 0. The van der Waals surface area contributed by atoms with Crippen LogP contribution in [0.15, 0.2) is 0 Å². The first kappa shape index (κ1) is 12.6. The van der Waals surface area contributed by atoms with Crippen LogP contribution >= 0.6 is 11.6 Å².